The van der Waals surface area contributed by atoms with Crippen LogP contribution in [0, 0.1) is 5.92 Å². The van der Waals surface area contributed by atoms with E-state index in [1.807, 2.05) is 60.7 Å². The first-order valence-electron chi connectivity index (χ1n) is 10.4. The van der Waals surface area contributed by atoms with Gasteiger partial charge in [-0.05, 0) is 48.5 Å². The molecule has 2 heterocycles. The fourth-order valence-electron chi connectivity index (χ4n) is 3.46. The second kappa shape index (κ2) is 9.98. The minimum atomic E-state index is -0.254. The Bertz CT molecular complexity index is 1140. The molecule has 0 aliphatic rings. The van der Waals surface area contributed by atoms with Gasteiger partial charge in [-0.15, -0.1) is 0 Å². The number of aliphatic hydroxyl groups excluding tert-OH is 1. The van der Waals surface area contributed by atoms with Crippen LogP contribution in [0.15, 0.2) is 83.6 Å². The number of para-hydroxylation sites is 1. The number of hydrogen-bond acceptors (Lipinski definition) is 5. The number of aromatic nitrogens is 2. The van der Waals surface area contributed by atoms with Gasteiger partial charge < -0.3 is 19.6 Å². The first kappa shape index (κ1) is 21.4. The van der Waals surface area contributed by atoms with Gasteiger partial charge in [0.2, 0.25) is 0 Å². The molecule has 1 atom stereocenters. The third kappa shape index (κ3) is 4.90. The Kier molecular flexibility index (Phi) is 6.67. The summed E-state index contributed by atoms with van der Waals surface area (Å²) < 4.78 is 12.3. The van der Waals surface area contributed by atoms with Crippen molar-refractivity contribution < 1.29 is 19.1 Å². The molecule has 2 N–H and O–H groups in total. The van der Waals surface area contributed by atoms with E-state index in [0.29, 0.717) is 24.2 Å². The van der Waals surface area contributed by atoms with Crippen molar-refractivity contribution in [2.45, 2.75) is 6.42 Å². The molecule has 4 aromatic rings. The zero-order valence-electron chi connectivity index (χ0n) is 17.8. The van der Waals surface area contributed by atoms with Gasteiger partial charge in [-0.1, -0.05) is 18.2 Å². The minimum absolute atomic E-state index is 0.0599. The molecule has 0 aliphatic carbocycles. The van der Waals surface area contributed by atoms with Crippen molar-refractivity contribution in [2.75, 3.05) is 20.3 Å². The summed E-state index contributed by atoms with van der Waals surface area (Å²) in [7, 11) is 1.61. The summed E-state index contributed by atoms with van der Waals surface area (Å²) >= 11 is 0. The lowest BCUT2D eigenvalue weighted by Crippen LogP contribution is -2.31. The fraction of sp³-hybridized carbons (Fsp3) is 0.200. The minimum Gasteiger partial charge on any atom is -0.497 e. The molecule has 4 rings (SSSR count). The molecule has 0 aliphatic heterocycles. The molecule has 7 heteroatoms. The van der Waals surface area contributed by atoms with Gasteiger partial charge in [0.25, 0.3) is 5.91 Å². The van der Waals surface area contributed by atoms with E-state index in [1.54, 1.807) is 30.3 Å². The van der Waals surface area contributed by atoms with E-state index in [-0.39, 0.29) is 18.4 Å². The molecule has 0 unspecified atom stereocenters. The SMILES string of the molecule is COc1ccc(-c2nn(-c3ccccc3)cc2C(=O)NC[C@@H](CO)Cc2ccco2)cc1. The molecule has 32 heavy (non-hydrogen) atoms. The number of nitrogens with one attached hydrogen (secondary N) is 1. The predicted octanol–water partition coefficient (Wildman–Crippen LogP) is 3.72. The molecule has 0 spiro atoms. The monoisotopic (exact) mass is 431 g/mol. The molecular weight excluding hydrogens is 406 g/mol. The smallest absolute Gasteiger partial charge is 0.255 e. The van der Waals surface area contributed by atoms with E-state index in [9.17, 15) is 9.90 Å². The average molecular weight is 431 g/mol. The van der Waals surface area contributed by atoms with Gasteiger partial charge in [-0.2, -0.15) is 5.10 Å². The van der Waals surface area contributed by atoms with Crippen molar-refractivity contribution in [3.8, 4) is 22.7 Å². The summed E-state index contributed by atoms with van der Waals surface area (Å²) in [5.41, 5.74) is 2.68. The standard InChI is InChI=1S/C25H25N3O4/c1-31-21-11-9-19(10-12-21)24-23(16-28(27-24)20-6-3-2-4-7-20)25(30)26-15-18(17-29)14-22-8-5-13-32-22/h2-13,16,18,29H,14-15,17H2,1H3,(H,26,30)/t18-/m0/s1. The number of hydrogen-bond donors (Lipinski definition) is 2. The lowest BCUT2D eigenvalue weighted by molar-refractivity contribution is 0.0939. The highest BCUT2D eigenvalue weighted by atomic mass is 16.5. The van der Waals surface area contributed by atoms with Crippen LogP contribution < -0.4 is 10.1 Å². The summed E-state index contributed by atoms with van der Waals surface area (Å²) in [6, 6.07) is 20.7. The first-order valence-corrected chi connectivity index (χ1v) is 10.4. The third-order valence-corrected chi connectivity index (χ3v) is 5.22. The molecule has 0 radical (unpaired) electrons. The summed E-state index contributed by atoms with van der Waals surface area (Å²) in [5, 5.41) is 17.3. The Hall–Kier alpha value is -3.84. The van der Waals surface area contributed by atoms with Crippen LogP contribution in [-0.2, 0) is 6.42 Å². The van der Waals surface area contributed by atoms with Crippen molar-refractivity contribution in [3.63, 3.8) is 0 Å². The Morgan fingerprint density at radius 2 is 1.91 bits per heavy atom. The van der Waals surface area contributed by atoms with Crippen molar-refractivity contribution in [3.05, 3.63) is 90.5 Å². The van der Waals surface area contributed by atoms with Crippen LogP contribution >= 0.6 is 0 Å². The Morgan fingerprint density at radius 1 is 1.12 bits per heavy atom. The van der Waals surface area contributed by atoms with E-state index in [1.165, 1.54) is 0 Å². The lowest BCUT2D eigenvalue weighted by atomic mass is 10.0. The summed E-state index contributed by atoms with van der Waals surface area (Å²) in [4.78, 5) is 13.1. The molecular formula is C25H25N3O4. The van der Waals surface area contributed by atoms with E-state index in [0.717, 1.165) is 22.8 Å². The Labute approximate surface area is 186 Å². The third-order valence-electron chi connectivity index (χ3n) is 5.22. The maximum Gasteiger partial charge on any atom is 0.255 e. The van der Waals surface area contributed by atoms with Gasteiger partial charge in [0, 0.05) is 37.3 Å². The molecule has 0 fully saturated rings. The van der Waals surface area contributed by atoms with E-state index in [2.05, 4.69) is 10.4 Å². The van der Waals surface area contributed by atoms with Gasteiger partial charge in [0.15, 0.2) is 0 Å². The number of nitrogens with zero attached hydrogens (tertiary/aromatic N) is 2. The number of benzene rings is 2. The van der Waals surface area contributed by atoms with Crippen molar-refractivity contribution >= 4 is 5.91 Å². The second-order valence-corrected chi connectivity index (χ2v) is 7.44. The first-order chi connectivity index (χ1) is 15.7. The van der Waals surface area contributed by atoms with Crippen LogP contribution in [0.4, 0.5) is 0 Å². The summed E-state index contributed by atoms with van der Waals surface area (Å²) in [6.07, 6.45) is 3.87. The quantitative estimate of drug-likeness (QED) is 0.422. The maximum absolute atomic E-state index is 13.1. The summed E-state index contributed by atoms with van der Waals surface area (Å²) in [6.45, 7) is 0.254. The number of methoxy groups -OCH3 is 1. The normalized spacial score (nSPS) is 11.8. The second-order valence-electron chi connectivity index (χ2n) is 7.44. The number of rotatable bonds is 9. The predicted molar refractivity (Wildman–Crippen MR) is 121 cm³/mol. The van der Waals surface area contributed by atoms with Crippen LogP contribution in [0.1, 0.15) is 16.1 Å². The highest BCUT2D eigenvalue weighted by Gasteiger charge is 2.20. The van der Waals surface area contributed by atoms with E-state index in [4.69, 9.17) is 9.15 Å². The van der Waals surface area contributed by atoms with Crippen LogP contribution in [-0.4, -0.2) is 41.1 Å². The number of furan rings is 1. The highest BCUT2D eigenvalue weighted by Crippen LogP contribution is 2.26. The average Bonchev–Trinajstić information content (AvgIpc) is 3.52. The maximum atomic E-state index is 13.1. The molecule has 0 bridgehead atoms. The number of aliphatic hydroxyl groups is 1. The molecule has 164 valence electrons. The highest BCUT2D eigenvalue weighted by molar-refractivity contribution is 6.00. The van der Waals surface area contributed by atoms with Gasteiger partial charge >= 0.3 is 0 Å². The van der Waals surface area contributed by atoms with Crippen LogP contribution in [0.5, 0.6) is 5.75 Å². The summed E-state index contributed by atoms with van der Waals surface area (Å²) in [5.74, 6) is 1.09. The number of ether oxygens (including phenoxy) is 1. The Balaban J connectivity index is 1.59. The van der Waals surface area contributed by atoms with Crippen LogP contribution in [0.2, 0.25) is 0 Å². The molecule has 2 aromatic heterocycles. The molecule has 0 saturated heterocycles. The van der Waals surface area contributed by atoms with Crippen molar-refractivity contribution in [1.82, 2.24) is 15.1 Å². The van der Waals surface area contributed by atoms with E-state index < -0.39 is 0 Å². The van der Waals surface area contributed by atoms with Gasteiger partial charge in [0.05, 0.1) is 24.6 Å². The van der Waals surface area contributed by atoms with Gasteiger partial charge in [-0.3, -0.25) is 4.79 Å². The number of carbonyl (C=O) groups excluding carboxylic acids is 1. The van der Waals surface area contributed by atoms with Crippen LogP contribution in [0.25, 0.3) is 16.9 Å². The largest absolute Gasteiger partial charge is 0.497 e. The number of carbonyl (C=O) groups is 1. The molecule has 1 amide bonds. The Morgan fingerprint density at radius 3 is 2.56 bits per heavy atom. The molecule has 0 saturated carbocycles. The van der Waals surface area contributed by atoms with Crippen molar-refractivity contribution in [2.24, 2.45) is 5.92 Å². The van der Waals surface area contributed by atoms with Crippen LogP contribution in [0.3, 0.4) is 0 Å². The zero-order valence-corrected chi connectivity index (χ0v) is 17.8. The van der Waals surface area contributed by atoms with Gasteiger partial charge in [0.1, 0.15) is 17.2 Å². The fourth-order valence-corrected chi connectivity index (χ4v) is 3.46. The number of amides is 1. The molecule has 7 nitrogen and oxygen atoms in total. The van der Waals surface area contributed by atoms with E-state index >= 15 is 0 Å². The zero-order chi connectivity index (χ0) is 22.3. The molecule has 2 aromatic carbocycles. The topological polar surface area (TPSA) is 89.5 Å². The van der Waals surface area contributed by atoms with Crippen molar-refractivity contribution in [1.29, 1.82) is 0 Å². The van der Waals surface area contributed by atoms with Gasteiger partial charge in [-0.25, -0.2) is 4.68 Å². The lowest BCUT2D eigenvalue weighted by Gasteiger charge is -2.13.